The van der Waals surface area contributed by atoms with E-state index in [9.17, 15) is 0 Å². The second-order valence-corrected chi connectivity index (χ2v) is 8.66. The van der Waals surface area contributed by atoms with Crippen LogP contribution in [0, 0.1) is 0 Å². The van der Waals surface area contributed by atoms with E-state index in [2.05, 4.69) is 79.6 Å². The fourth-order valence-electron chi connectivity index (χ4n) is 3.92. The van der Waals surface area contributed by atoms with Crippen molar-refractivity contribution in [2.24, 2.45) is 20.5 Å². The minimum Gasteiger partial charge on any atom is -0.388 e. The molecule has 5 rings (SSSR count). The predicted molar refractivity (Wildman–Crippen MR) is 158 cm³/mol. The standard InChI is InChI=1S/C32H28N6/c1-33-27-15-19-31(20-16-27)37-35-29-11-7-25(8-12-29)23-3-5-24(6-4-23)26-9-13-30(14-10-26)36-38-32-21-17-28(34-2)18-22-32/h3-22,33-34H,1-2H3. The Labute approximate surface area is 222 Å². The second-order valence-electron chi connectivity index (χ2n) is 8.66. The minimum absolute atomic E-state index is 0.815. The average Bonchev–Trinajstić information content (AvgIpc) is 3.00. The third kappa shape index (κ3) is 6.17. The molecule has 6 nitrogen and oxygen atoms in total. The van der Waals surface area contributed by atoms with Crippen LogP contribution in [0.4, 0.5) is 34.1 Å². The van der Waals surface area contributed by atoms with E-state index in [4.69, 9.17) is 0 Å². The molecule has 0 aliphatic carbocycles. The van der Waals surface area contributed by atoms with Crippen LogP contribution in [0.15, 0.2) is 142 Å². The first kappa shape index (κ1) is 24.6. The molecule has 0 aliphatic rings. The number of hydrogen-bond donors (Lipinski definition) is 2. The van der Waals surface area contributed by atoms with Crippen molar-refractivity contribution >= 4 is 34.1 Å². The molecule has 6 heteroatoms. The first-order chi connectivity index (χ1) is 18.7. The van der Waals surface area contributed by atoms with Gasteiger partial charge < -0.3 is 10.6 Å². The number of benzene rings is 5. The van der Waals surface area contributed by atoms with Gasteiger partial charge in [-0.3, -0.25) is 0 Å². The molecule has 186 valence electrons. The van der Waals surface area contributed by atoms with E-state index < -0.39 is 0 Å². The SMILES string of the molecule is CNc1ccc(N=Nc2ccc(-c3ccc(-c4ccc(N=Nc5ccc(NC)cc5)cc4)cc3)cc2)cc1. The van der Waals surface area contributed by atoms with Crippen LogP contribution < -0.4 is 10.6 Å². The third-order valence-electron chi connectivity index (χ3n) is 6.16. The van der Waals surface area contributed by atoms with Crippen LogP contribution in [0.3, 0.4) is 0 Å². The summed E-state index contributed by atoms with van der Waals surface area (Å²) in [5.41, 5.74) is 9.92. The van der Waals surface area contributed by atoms with Gasteiger partial charge in [-0.05, 0) is 95.1 Å². The van der Waals surface area contributed by atoms with E-state index in [1.54, 1.807) is 0 Å². The largest absolute Gasteiger partial charge is 0.388 e. The normalized spacial score (nSPS) is 11.2. The minimum atomic E-state index is 0.815. The fourth-order valence-corrected chi connectivity index (χ4v) is 3.92. The molecule has 2 N–H and O–H groups in total. The molecule has 0 amide bonds. The quantitative estimate of drug-likeness (QED) is 0.210. The van der Waals surface area contributed by atoms with Crippen LogP contribution >= 0.6 is 0 Å². The molecule has 0 heterocycles. The van der Waals surface area contributed by atoms with Crippen molar-refractivity contribution < 1.29 is 0 Å². The molecule has 0 aromatic heterocycles. The maximum atomic E-state index is 4.35. The Hall–Kier alpha value is -5.10. The van der Waals surface area contributed by atoms with E-state index in [-0.39, 0.29) is 0 Å². The Bertz CT molecular complexity index is 1400. The molecular formula is C32H28N6. The molecule has 0 saturated carbocycles. The van der Waals surface area contributed by atoms with Crippen molar-refractivity contribution in [1.82, 2.24) is 0 Å². The van der Waals surface area contributed by atoms with Gasteiger partial charge in [0.15, 0.2) is 0 Å². The number of nitrogens with one attached hydrogen (secondary N) is 2. The Morgan fingerprint density at radius 3 is 0.763 bits per heavy atom. The smallest absolute Gasteiger partial charge is 0.0858 e. The van der Waals surface area contributed by atoms with Crippen molar-refractivity contribution in [2.45, 2.75) is 0 Å². The highest BCUT2D eigenvalue weighted by molar-refractivity contribution is 5.72. The van der Waals surface area contributed by atoms with Gasteiger partial charge >= 0.3 is 0 Å². The van der Waals surface area contributed by atoms with Gasteiger partial charge in [0.2, 0.25) is 0 Å². The van der Waals surface area contributed by atoms with E-state index in [0.29, 0.717) is 0 Å². The summed E-state index contributed by atoms with van der Waals surface area (Å²) in [6, 6.07) is 40.4. The highest BCUT2D eigenvalue weighted by Crippen LogP contribution is 2.29. The van der Waals surface area contributed by atoms with Gasteiger partial charge in [0, 0.05) is 25.5 Å². The van der Waals surface area contributed by atoms with Crippen molar-refractivity contribution in [3.63, 3.8) is 0 Å². The summed E-state index contributed by atoms with van der Waals surface area (Å²) < 4.78 is 0. The van der Waals surface area contributed by atoms with Crippen LogP contribution in [0.2, 0.25) is 0 Å². The zero-order valence-electron chi connectivity index (χ0n) is 21.3. The number of azo groups is 2. The Morgan fingerprint density at radius 1 is 0.316 bits per heavy atom. The maximum Gasteiger partial charge on any atom is 0.0858 e. The lowest BCUT2D eigenvalue weighted by Gasteiger charge is -2.06. The Morgan fingerprint density at radius 2 is 0.526 bits per heavy atom. The summed E-state index contributed by atoms with van der Waals surface area (Å²) in [6.07, 6.45) is 0. The number of nitrogens with zero attached hydrogens (tertiary/aromatic N) is 4. The number of hydrogen-bond acceptors (Lipinski definition) is 6. The highest BCUT2D eigenvalue weighted by atomic mass is 15.1. The molecular weight excluding hydrogens is 468 g/mol. The van der Waals surface area contributed by atoms with E-state index in [1.807, 2.05) is 86.9 Å². The summed E-state index contributed by atoms with van der Waals surface area (Å²) in [4.78, 5) is 0. The van der Waals surface area contributed by atoms with Gasteiger partial charge in [-0.25, -0.2) is 0 Å². The first-order valence-corrected chi connectivity index (χ1v) is 12.4. The zero-order chi connectivity index (χ0) is 26.2. The topological polar surface area (TPSA) is 73.5 Å². The molecule has 0 spiro atoms. The lowest BCUT2D eigenvalue weighted by atomic mass is 10.00. The zero-order valence-corrected chi connectivity index (χ0v) is 21.3. The van der Waals surface area contributed by atoms with Gasteiger partial charge in [0.25, 0.3) is 0 Å². The molecule has 0 fully saturated rings. The molecule has 0 radical (unpaired) electrons. The summed E-state index contributed by atoms with van der Waals surface area (Å²) in [7, 11) is 3.79. The molecule has 0 aliphatic heterocycles. The average molecular weight is 497 g/mol. The molecule has 0 bridgehead atoms. The second kappa shape index (κ2) is 11.8. The van der Waals surface area contributed by atoms with Crippen molar-refractivity contribution in [2.75, 3.05) is 24.7 Å². The summed E-state index contributed by atoms with van der Waals surface area (Å²) in [5.74, 6) is 0. The van der Waals surface area contributed by atoms with Crippen LogP contribution in [0.1, 0.15) is 0 Å². The highest BCUT2D eigenvalue weighted by Gasteiger charge is 2.02. The monoisotopic (exact) mass is 496 g/mol. The van der Waals surface area contributed by atoms with Gasteiger partial charge in [-0.15, -0.1) is 0 Å². The number of rotatable bonds is 8. The van der Waals surface area contributed by atoms with Crippen LogP contribution in [0.25, 0.3) is 22.3 Å². The molecule has 0 unspecified atom stereocenters. The van der Waals surface area contributed by atoms with Crippen LogP contribution in [-0.4, -0.2) is 14.1 Å². The Kier molecular flexibility index (Phi) is 7.61. The summed E-state index contributed by atoms with van der Waals surface area (Å²) >= 11 is 0. The van der Waals surface area contributed by atoms with Crippen molar-refractivity contribution in [3.8, 4) is 22.3 Å². The van der Waals surface area contributed by atoms with Crippen LogP contribution in [-0.2, 0) is 0 Å². The van der Waals surface area contributed by atoms with E-state index in [1.165, 1.54) is 0 Å². The molecule has 5 aromatic carbocycles. The lowest BCUT2D eigenvalue weighted by Crippen LogP contribution is -1.85. The van der Waals surface area contributed by atoms with Crippen LogP contribution in [0.5, 0.6) is 0 Å². The third-order valence-corrected chi connectivity index (χ3v) is 6.16. The molecule has 38 heavy (non-hydrogen) atoms. The maximum absolute atomic E-state index is 4.35. The molecule has 5 aromatic rings. The van der Waals surface area contributed by atoms with Crippen molar-refractivity contribution in [1.29, 1.82) is 0 Å². The lowest BCUT2D eigenvalue weighted by molar-refractivity contribution is 1.23. The fraction of sp³-hybridized carbons (Fsp3) is 0.0625. The van der Waals surface area contributed by atoms with Gasteiger partial charge in [0.1, 0.15) is 0 Å². The molecule has 0 saturated heterocycles. The van der Waals surface area contributed by atoms with Gasteiger partial charge in [-0.1, -0.05) is 48.5 Å². The predicted octanol–water partition coefficient (Wildman–Crippen LogP) is 9.93. The molecule has 0 atom stereocenters. The van der Waals surface area contributed by atoms with Crippen molar-refractivity contribution in [3.05, 3.63) is 121 Å². The van der Waals surface area contributed by atoms with Gasteiger partial charge in [-0.2, -0.15) is 20.5 Å². The van der Waals surface area contributed by atoms with Gasteiger partial charge in [0.05, 0.1) is 22.7 Å². The van der Waals surface area contributed by atoms with E-state index in [0.717, 1.165) is 56.4 Å². The summed E-state index contributed by atoms with van der Waals surface area (Å²) in [5, 5.41) is 23.5. The van der Waals surface area contributed by atoms with E-state index >= 15 is 0 Å². The number of anilines is 2. The summed E-state index contributed by atoms with van der Waals surface area (Å²) in [6.45, 7) is 0. The Balaban J connectivity index is 1.22. The first-order valence-electron chi connectivity index (χ1n) is 12.4.